The standard InChI is InChI=1S/C13H16F2N2O/c1-2-13(16)7-17(8-13)12(18)5-9-3-4-10(14)6-11(9)15/h3-4,6H,2,5,7-8,16H2,1H3. The summed E-state index contributed by atoms with van der Waals surface area (Å²) in [5, 5.41) is 0. The molecule has 1 aromatic carbocycles. The zero-order chi connectivity index (χ0) is 13.3. The van der Waals surface area contributed by atoms with Crippen molar-refractivity contribution in [1.29, 1.82) is 0 Å². The molecule has 0 saturated carbocycles. The predicted molar refractivity (Wildman–Crippen MR) is 63.9 cm³/mol. The van der Waals surface area contributed by atoms with E-state index in [1.807, 2.05) is 6.92 Å². The monoisotopic (exact) mass is 254 g/mol. The molecule has 5 heteroatoms. The highest BCUT2D eigenvalue weighted by Gasteiger charge is 2.40. The molecule has 1 amide bonds. The van der Waals surface area contributed by atoms with Crippen molar-refractivity contribution in [2.45, 2.75) is 25.3 Å². The van der Waals surface area contributed by atoms with Crippen molar-refractivity contribution >= 4 is 5.91 Å². The van der Waals surface area contributed by atoms with Gasteiger partial charge in [-0.15, -0.1) is 0 Å². The lowest BCUT2D eigenvalue weighted by Crippen LogP contribution is -2.68. The summed E-state index contributed by atoms with van der Waals surface area (Å²) < 4.78 is 26.1. The lowest BCUT2D eigenvalue weighted by atomic mass is 9.88. The summed E-state index contributed by atoms with van der Waals surface area (Å²) in [4.78, 5) is 13.4. The Kier molecular flexibility index (Phi) is 3.34. The van der Waals surface area contributed by atoms with E-state index >= 15 is 0 Å². The molecule has 98 valence electrons. The Bertz CT molecular complexity index is 470. The molecule has 1 aliphatic rings. The maximum atomic E-state index is 13.4. The lowest BCUT2D eigenvalue weighted by molar-refractivity contribution is -0.138. The fraction of sp³-hybridized carbons (Fsp3) is 0.462. The Morgan fingerprint density at radius 2 is 2.11 bits per heavy atom. The summed E-state index contributed by atoms with van der Waals surface area (Å²) >= 11 is 0. The van der Waals surface area contributed by atoms with Crippen LogP contribution in [-0.2, 0) is 11.2 Å². The molecule has 0 aromatic heterocycles. The number of hydrogen-bond acceptors (Lipinski definition) is 2. The van der Waals surface area contributed by atoms with Crippen molar-refractivity contribution in [3.63, 3.8) is 0 Å². The van der Waals surface area contributed by atoms with Gasteiger partial charge in [0.05, 0.1) is 12.0 Å². The van der Waals surface area contributed by atoms with Gasteiger partial charge in [0.1, 0.15) is 11.6 Å². The summed E-state index contributed by atoms with van der Waals surface area (Å²) in [6.45, 7) is 2.98. The van der Waals surface area contributed by atoms with Gasteiger partial charge in [0, 0.05) is 19.2 Å². The molecule has 0 aliphatic carbocycles. The van der Waals surface area contributed by atoms with E-state index < -0.39 is 11.6 Å². The Labute approximate surface area is 105 Å². The number of hydrogen-bond donors (Lipinski definition) is 1. The summed E-state index contributed by atoms with van der Waals surface area (Å²) in [6, 6.07) is 3.25. The molecule has 1 heterocycles. The third-order valence-corrected chi connectivity index (χ3v) is 3.43. The van der Waals surface area contributed by atoms with E-state index in [2.05, 4.69) is 0 Å². The van der Waals surface area contributed by atoms with E-state index in [0.717, 1.165) is 18.6 Å². The van der Waals surface area contributed by atoms with E-state index in [1.54, 1.807) is 4.90 Å². The number of rotatable bonds is 3. The number of carbonyl (C=O) groups is 1. The lowest BCUT2D eigenvalue weighted by Gasteiger charge is -2.47. The Morgan fingerprint density at radius 3 is 2.67 bits per heavy atom. The van der Waals surface area contributed by atoms with Crippen molar-refractivity contribution in [2.75, 3.05) is 13.1 Å². The molecule has 1 fully saturated rings. The van der Waals surface area contributed by atoms with Gasteiger partial charge in [0.15, 0.2) is 0 Å². The molecule has 1 saturated heterocycles. The van der Waals surface area contributed by atoms with E-state index in [0.29, 0.717) is 13.1 Å². The highest BCUT2D eigenvalue weighted by atomic mass is 19.1. The Morgan fingerprint density at radius 1 is 1.44 bits per heavy atom. The molecule has 1 aliphatic heterocycles. The number of halogens is 2. The molecular weight excluding hydrogens is 238 g/mol. The van der Waals surface area contributed by atoms with Gasteiger partial charge in [-0.2, -0.15) is 0 Å². The minimum atomic E-state index is -0.682. The molecule has 2 N–H and O–H groups in total. The third kappa shape index (κ3) is 2.51. The Hall–Kier alpha value is -1.49. The normalized spacial score (nSPS) is 17.4. The maximum absolute atomic E-state index is 13.4. The maximum Gasteiger partial charge on any atom is 0.227 e. The van der Waals surface area contributed by atoms with Gasteiger partial charge < -0.3 is 10.6 Å². The summed E-state index contributed by atoms with van der Waals surface area (Å²) in [5.74, 6) is -1.49. The first-order valence-corrected chi connectivity index (χ1v) is 5.94. The summed E-state index contributed by atoms with van der Waals surface area (Å²) in [5.41, 5.74) is 5.88. The molecule has 3 nitrogen and oxygen atoms in total. The zero-order valence-electron chi connectivity index (χ0n) is 10.2. The molecule has 0 bridgehead atoms. The number of likely N-dealkylation sites (tertiary alicyclic amines) is 1. The fourth-order valence-electron chi connectivity index (χ4n) is 2.05. The van der Waals surface area contributed by atoms with Crippen molar-refractivity contribution in [3.05, 3.63) is 35.4 Å². The number of nitrogens with zero attached hydrogens (tertiary/aromatic N) is 1. The highest BCUT2D eigenvalue weighted by molar-refractivity contribution is 5.80. The SMILES string of the molecule is CCC1(N)CN(C(=O)Cc2ccc(F)cc2F)C1. The Balaban J connectivity index is 1.97. The molecular formula is C13H16F2N2O. The summed E-state index contributed by atoms with van der Waals surface area (Å²) in [7, 11) is 0. The van der Waals surface area contributed by atoms with Crippen LogP contribution in [0.25, 0.3) is 0 Å². The van der Waals surface area contributed by atoms with Crippen LogP contribution in [-0.4, -0.2) is 29.4 Å². The van der Waals surface area contributed by atoms with Crippen LogP contribution < -0.4 is 5.73 Å². The van der Waals surface area contributed by atoms with Crippen molar-refractivity contribution in [3.8, 4) is 0 Å². The molecule has 0 radical (unpaired) electrons. The van der Waals surface area contributed by atoms with Crippen LogP contribution in [0.4, 0.5) is 8.78 Å². The molecule has 0 unspecified atom stereocenters. The van der Waals surface area contributed by atoms with Gasteiger partial charge in [-0.25, -0.2) is 8.78 Å². The first-order valence-electron chi connectivity index (χ1n) is 5.94. The molecule has 18 heavy (non-hydrogen) atoms. The average molecular weight is 254 g/mol. The molecule has 0 spiro atoms. The minimum absolute atomic E-state index is 0.0497. The number of nitrogens with two attached hydrogens (primary N) is 1. The largest absolute Gasteiger partial charge is 0.339 e. The first kappa shape index (κ1) is 13.0. The topological polar surface area (TPSA) is 46.3 Å². The summed E-state index contributed by atoms with van der Waals surface area (Å²) in [6.07, 6.45) is 0.758. The van der Waals surface area contributed by atoms with Gasteiger partial charge in [0.2, 0.25) is 5.91 Å². The zero-order valence-corrected chi connectivity index (χ0v) is 10.2. The highest BCUT2D eigenvalue weighted by Crippen LogP contribution is 2.22. The number of benzene rings is 1. The van der Waals surface area contributed by atoms with Crippen molar-refractivity contribution < 1.29 is 13.6 Å². The predicted octanol–water partition coefficient (Wildman–Crippen LogP) is 1.46. The van der Waals surface area contributed by atoms with E-state index in [-0.39, 0.29) is 23.4 Å². The van der Waals surface area contributed by atoms with E-state index in [4.69, 9.17) is 5.73 Å². The average Bonchev–Trinajstić information content (AvgIpc) is 2.28. The second-order valence-corrected chi connectivity index (χ2v) is 4.88. The van der Waals surface area contributed by atoms with Gasteiger partial charge in [0.25, 0.3) is 0 Å². The second-order valence-electron chi connectivity index (χ2n) is 4.88. The van der Waals surface area contributed by atoms with Gasteiger partial charge in [-0.3, -0.25) is 4.79 Å². The first-order chi connectivity index (χ1) is 8.43. The van der Waals surface area contributed by atoms with Crippen molar-refractivity contribution in [1.82, 2.24) is 4.90 Å². The number of amides is 1. The van der Waals surface area contributed by atoms with Gasteiger partial charge in [-0.1, -0.05) is 13.0 Å². The van der Waals surface area contributed by atoms with Crippen LogP contribution in [0.5, 0.6) is 0 Å². The van der Waals surface area contributed by atoms with Crippen LogP contribution in [0.3, 0.4) is 0 Å². The fourth-order valence-corrected chi connectivity index (χ4v) is 2.05. The van der Waals surface area contributed by atoms with E-state index in [1.165, 1.54) is 6.07 Å². The van der Waals surface area contributed by atoms with Crippen LogP contribution in [0.1, 0.15) is 18.9 Å². The van der Waals surface area contributed by atoms with E-state index in [9.17, 15) is 13.6 Å². The molecule has 0 atom stereocenters. The number of carbonyl (C=O) groups excluding carboxylic acids is 1. The molecule has 2 rings (SSSR count). The van der Waals surface area contributed by atoms with Crippen LogP contribution in [0, 0.1) is 11.6 Å². The van der Waals surface area contributed by atoms with Crippen LogP contribution >= 0.6 is 0 Å². The quantitative estimate of drug-likeness (QED) is 0.887. The smallest absolute Gasteiger partial charge is 0.227 e. The minimum Gasteiger partial charge on any atom is -0.339 e. The molecule has 1 aromatic rings. The van der Waals surface area contributed by atoms with Crippen molar-refractivity contribution in [2.24, 2.45) is 5.73 Å². The van der Waals surface area contributed by atoms with Crippen LogP contribution in [0.15, 0.2) is 18.2 Å². The second kappa shape index (κ2) is 4.65. The van der Waals surface area contributed by atoms with Gasteiger partial charge >= 0.3 is 0 Å². The third-order valence-electron chi connectivity index (χ3n) is 3.43. The van der Waals surface area contributed by atoms with Crippen LogP contribution in [0.2, 0.25) is 0 Å². The van der Waals surface area contributed by atoms with Gasteiger partial charge in [-0.05, 0) is 18.1 Å².